The molecule has 0 aliphatic carbocycles. The summed E-state index contributed by atoms with van der Waals surface area (Å²) in [5, 5.41) is 18.5. The van der Waals surface area contributed by atoms with E-state index in [2.05, 4.69) is 55.6 Å². The molecule has 2 heterocycles. The van der Waals surface area contributed by atoms with Crippen LogP contribution in [0.15, 0.2) is 47.6 Å². The smallest absolute Gasteiger partial charge is 0.270 e. The number of aromatic nitrogens is 3. The second kappa shape index (κ2) is 10.2. The second-order valence-corrected chi connectivity index (χ2v) is 8.55. The second-order valence-electron chi connectivity index (χ2n) is 8.55. The zero-order valence-corrected chi connectivity index (χ0v) is 19.5. The van der Waals surface area contributed by atoms with E-state index in [1.165, 1.54) is 23.9 Å². The first-order valence-electron chi connectivity index (χ1n) is 11.3. The van der Waals surface area contributed by atoms with Gasteiger partial charge in [-0.1, -0.05) is 31.2 Å². The van der Waals surface area contributed by atoms with E-state index < -0.39 is 4.92 Å². The third kappa shape index (κ3) is 5.64. The van der Waals surface area contributed by atoms with Crippen LogP contribution in [0, 0.1) is 29.9 Å². The summed E-state index contributed by atoms with van der Waals surface area (Å²) in [6, 6.07) is 12.3. The minimum absolute atomic E-state index is 0.00531. The van der Waals surface area contributed by atoms with Gasteiger partial charge in [0.25, 0.3) is 5.69 Å². The van der Waals surface area contributed by atoms with E-state index in [4.69, 9.17) is 0 Å². The summed E-state index contributed by atoms with van der Waals surface area (Å²) in [6.45, 7) is 8.13. The number of nitro benzene ring substituents is 1. The van der Waals surface area contributed by atoms with Crippen LogP contribution in [0.3, 0.4) is 0 Å². The summed E-state index contributed by atoms with van der Waals surface area (Å²) >= 11 is 0. The molecule has 3 aromatic rings. The van der Waals surface area contributed by atoms with Gasteiger partial charge in [-0.15, -0.1) is 0 Å². The molecule has 0 saturated carbocycles. The van der Waals surface area contributed by atoms with E-state index >= 15 is 0 Å². The maximum atomic E-state index is 11.0. The van der Waals surface area contributed by atoms with Gasteiger partial charge in [-0.25, -0.2) is 5.43 Å². The minimum atomic E-state index is -0.437. The van der Waals surface area contributed by atoms with Gasteiger partial charge in [0, 0.05) is 36.5 Å². The van der Waals surface area contributed by atoms with Crippen molar-refractivity contribution in [2.24, 2.45) is 11.0 Å². The Morgan fingerprint density at radius 1 is 1.09 bits per heavy atom. The summed E-state index contributed by atoms with van der Waals surface area (Å²) in [7, 11) is 0. The molecule has 4 rings (SSSR count). The lowest BCUT2D eigenvalue weighted by Gasteiger charge is -2.30. The lowest BCUT2D eigenvalue weighted by molar-refractivity contribution is -0.384. The zero-order chi connectivity index (χ0) is 24.1. The van der Waals surface area contributed by atoms with Crippen molar-refractivity contribution >= 4 is 35.4 Å². The van der Waals surface area contributed by atoms with Crippen LogP contribution in [0.25, 0.3) is 0 Å². The van der Waals surface area contributed by atoms with Gasteiger partial charge in [0.1, 0.15) is 0 Å². The third-order valence-electron chi connectivity index (χ3n) is 6.00. The number of non-ortho nitro benzene ring substituents is 1. The number of hydrogen-bond donors (Lipinski definition) is 2. The highest BCUT2D eigenvalue weighted by Crippen LogP contribution is 2.25. The number of aryl methyl sites for hydroxylation is 1. The predicted octanol–water partition coefficient (Wildman–Crippen LogP) is 4.82. The van der Waals surface area contributed by atoms with E-state index in [9.17, 15) is 10.1 Å². The molecular weight excluding hydrogens is 432 g/mol. The standard InChI is InChI=1S/C24H28N8O2/c1-16-10-12-31(13-11-16)24-28-22(26-21-9-4-6-17(2)18(21)3)27-23(29-24)30-25-15-19-7-5-8-20(14-19)32(33)34/h4-9,14-16H,10-13H2,1-3H3,(H2,26,27,28,29,30)/b25-15-. The lowest BCUT2D eigenvalue weighted by Crippen LogP contribution is -2.34. The Hall–Kier alpha value is -4.08. The summed E-state index contributed by atoms with van der Waals surface area (Å²) in [6.07, 6.45) is 3.66. The van der Waals surface area contributed by atoms with Gasteiger partial charge in [-0.3, -0.25) is 10.1 Å². The van der Waals surface area contributed by atoms with Crippen LogP contribution in [0.4, 0.5) is 29.2 Å². The van der Waals surface area contributed by atoms with E-state index in [0.29, 0.717) is 23.4 Å². The number of nitro groups is 1. The van der Waals surface area contributed by atoms with Crippen molar-refractivity contribution in [2.75, 3.05) is 28.7 Å². The maximum absolute atomic E-state index is 11.0. The zero-order valence-electron chi connectivity index (χ0n) is 19.5. The van der Waals surface area contributed by atoms with Gasteiger partial charge in [0.15, 0.2) is 0 Å². The molecule has 1 saturated heterocycles. The lowest BCUT2D eigenvalue weighted by atomic mass is 10.00. The molecule has 0 amide bonds. The SMILES string of the molecule is Cc1cccc(Nc2nc(N/N=C\c3cccc([N+](=O)[O-])c3)nc(N3CCC(C)CC3)n2)c1C. The number of rotatable bonds is 7. The van der Waals surface area contributed by atoms with Crippen molar-refractivity contribution in [3.63, 3.8) is 0 Å². The Kier molecular flexibility index (Phi) is 6.95. The molecule has 1 aromatic heterocycles. The highest BCUT2D eigenvalue weighted by Gasteiger charge is 2.20. The van der Waals surface area contributed by atoms with Gasteiger partial charge < -0.3 is 10.2 Å². The van der Waals surface area contributed by atoms with E-state index in [1.54, 1.807) is 12.1 Å². The average Bonchev–Trinajstić information content (AvgIpc) is 2.82. The van der Waals surface area contributed by atoms with Crippen LogP contribution < -0.4 is 15.6 Å². The summed E-state index contributed by atoms with van der Waals surface area (Å²) in [5.41, 5.74) is 6.67. The number of hydrogen-bond acceptors (Lipinski definition) is 9. The number of hydrazone groups is 1. The molecule has 2 N–H and O–H groups in total. The molecule has 10 heteroatoms. The first-order valence-corrected chi connectivity index (χ1v) is 11.3. The Morgan fingerprint density at radius 2 is 1.82 bits per heavy atom. The van der Waals surface area contributed by atoms with Crippen molar-refractivity contribution in [3.8, 4) is 0 Å². The van der Waals surface area contributed by atoms with Gasteiger partial charge in [-0.2, -0.15) is 20.1 Å². The fourth-order valence-electron chi connectivity index (χ4n) is 3.71. The number of piperidine rings is 1. The fourth-order valence-corrected chi connectivity index (χ4v) is 3.71. The van der Waals surface area contributed by atoms with Crippen molar-refractivity contribution in [1.29, 1.82) is 0 Å². The van der Waals surface area contributed by atoms with Gasteiger partial charge in [0.2, 0.25) is 17.8 Å². The van der Waals surface area contributed by atoms with Crippen LogP contribution >= 0.6 is 0 Å². The van der Waals surface area contributed by atoms with Crippen molar-refractivity contribution in [2.45, 2.75) is 33.6 Å². The maximum Gasteiger partial charge on any atom is 0.270 e. The molecule has 0 bridgehead atoms. The van der Waals surface area contributed by atoms with Crippen LogP contribution in [-0.2, 0) is 0 Å². The molecular formula is C24H28N8O2. The number of benzene rings is 2. The molecule has 1 aliphatic rings. The Bertz CT molecular complexity index is 1210. The third-order valence-corrected chi connectivity index (χ3v) is 6.00. The molecule has 0 radical (unpaired) electrons. The fraction of sp³-hybridized carbons (Fsp3) is 0.333. The molecule has 0 unspecified atom stereocenters. The number of nitrogens with zero attached hydrogens (tertiary/aromatic N) is 6. The first kappa shape index (κ1) is 23.1. The normalized spacial score (nSPS) is 14.4. The Morgan fingerprint density at radius 3 is 2.59 bits per heavy atom. The Balaban J connectivity index is 1.59. The van der Waals surface area contributed by atoms with Crippen LogP contribution in [0.5, 0.6) is 0 Å². The Labute approximate surface area is 198 Å². The molecule has 10 nitrogen and oxygen atoms in total. The predicted molar refractivity (Wildman–Crippen MR) is 134 cm³/mol. The van der Waals surface area contributed by atoms with Gasteiger partial charge in [0.05, 0.1) is 11.1 Å². The number of anilines is 4. The molecule has 1 aliphatic heterocycles. The van der Waals surface area contributed by atoms with Crippen LogP contribution in [0.2, 0.25) is 0 Å². The van der Waals surface area contributed by atoms with Crippen molar-refractivity contribution in [3.05, 3.63) is 69.3 Å². The van der Waals surface area contributed by atoms with E-state index in [0.717, 1.165) is 37.2 Å². The monoisotopic (exact) mass is 460 g/mol. The van der Waals surface area contributed by atoms with E-state index in [1.807, 2.05) is 19.1 Å². The van der Waals surface area contributed by atoms with Crippen LogP contribution in [0.1, 0.15) is 36.5 Å². The van der Waals surface area contributed by atoms with Crippen molar-refractivity contribution < 1.29 is 4.92 Å². The molecule has 1 fully saturated rings. The first-order chi connectivity index (χ1) is 16.4. The van der Waals surface area contributed by atoms with Gasteiger partial charge >= 0.3 is 0 Å². The summed E-state index contributed by atoms with van der Waals surface area (Å²) in [5.74, 6) is 1.98. The largest absolute Gasteiger partial charge is 0.341 e. The molecule has 0 atom stereocenters. The van der Waals surface area contributed by atoms with E-state index in [-0.39, 0.29) is 11.6 Å². The average molecular weight is 461 g/mol. The van der Waals surface area contributed by atoms with Crippen molar-refractivity contribution in [1.82, 2.24) is 15.0 Å². The highest BCUT2D eigenvalue weighted by atomic mass is 16.6. The molecule has 2 aromatic carbocycles. The molecule has 176 valence electrons. The quantitative estimate of drug-likeness (QED) is 0.292. The summed E-state index contributed by atoms with van der Waals surface area (Å²) in [4.78, 5) is 26.5. The van der Waals surface area contributed by atoms with Gasteiger partial charge in [-0.05, 0) is 49.8 Å². The topological polar surface area (TPSA) is 121 Å². The highest BCUT2D eigenvalue weighted by molar-refractivity contribution is 5.81. The molecule has 34 heavy (non-hydrogen) atoms. The van der Waals surface area contributed by atoms with Crippen LogP contribution in [-0.4, -0.2) is 39.2 Å². The summed E-state index contributed by atoms with van der Waals surface area (Å²) < 4.78 is 0. The number of nitrogens with one attached hydrogen (secondary N) is 2. The minimum Gasteiger partial charge on any atom is -0.341 e. The molecule has 0 spiro atoms.